The first-order valence-corrected chi connectivity index (χ1v) is 5.82. The van der Waals surface area contributed by atoms with E-state index in [1.54, 1.807) is 11.8 Å². The molecule has 1 aromatic rings. The second-order valence-electron chi connectivity index (χ2n) is 4.33. The second-order valence-corrected chi connectivity index (χ2v) is 4.33. The number of H-pyrrole nitrogens is 1. The van der Waals surface area contributed by atoms with E-state index in [-0.39, 0.29) is 5.95 Å². The summed E-state index contributed by atoms with van der Waals surface area (Å²) in [6.07, 6.45) is -4.62. The van der Waals surface area contributed by atoms with Crippen molar-refractivity contribution in [2.75, 3.05) is 38.6 Å². The van der Waals surface area contributed by atoms with E-state index in [1.165, 1.54) is 0 Å². The van der Waals surface area contributed by atoms with Crippen LogP contribution in [0.2, 0.25) is 0 Å². The monoisotopic (exact) mass is 278 g/mol. The molecular weight excluding hydrogens is 261 g/mol. The maximum absolute atomic E-state index is 12.6. The number of nitrogens with zero attached hydrogens (tertiary/aromatic N) is 3. The van der Waals surface area contributed by atoms with Gasteiger partial charge in [-0.2, -0.15) is 13.2 Å². The molecular formula is C11H17F3N4O. The normalized spacial score (nSPS) is 11.9. The molecule has 1 N–H and O–H groups in total. The predicted molar refractivity (Wildman–Crippen MR) is 66.3 cm³/mol. The van der Waals surface area contributed by atoms with Crippen molar-refractivity contribution in [1.82, 2.24) is 14.9 Å². The van der Waals surface area contributed by atoms with E-state index in [2.05, 4.69) is 9.97 Å². The quantitative estimate of drug-likeness (QED) is 0.878. The number of nitrogens with one attached hydrogen (secondary N) is 1. The summed E-state index contributed by atoms with van der Waals surface area (Å²) in [5.74, 6) is -0.0517. The number of anilines is 1. The Morgan fingerprint density at radius 3 is 2.42 bits per heavy atom. The highest BCUT2D eigenvalue weighted by atomic mass is 19.4. The molecule has 8 heteroatoms. The van der Waals surface area contributed by atoms with E-state index in [0.29, 0.717) is 25.7 Å². The lowest BCUT2D eigenvalue weighted by molar-refractivity contribution is -0.141. The van der Waals surface area contributed by atoms with E-state index < -0.39 is 17.4 Å². The molecule has 0 bridgehead atoms. The van der Waals surface area contributed by atoms with Crippen molar-refractivity contribution < 1.29 is 13.2 Å². The molecule has 1 rings (SSSR count). The van der Waals surface area contributed by atoms with Crippen LogP contribution >= 0.6 is 0 Å². The van der Waals surface area contributed by atoms with Crippen molar-refractivity contribution in [3.8, 4) is 0 Å². The molecule has 0 unspecified atom stereocenters. The van der Waals surface area contributed by atoms with Crippen LogP contribution in [-0.4, -0.2) is 48.6 Å². The number of hydrogen-bond acceptors (Lipinski definition) is 4. The van der Waals surface area contributed by atoms with Crippen LogP contribution in [0.4, 0.5) is 19.1 Å². The molecule has 1 heterocycles. The Balaban J connectivity index is 3.04. The van der Waals surface area contributed by atoms with Gasteiger partial charge in [-0.3, -0.25) is 9.78 Å². The van der Waals surface area contributed by atoms with Crippen LogP contribution in [0.1, 0.15) is 12.6 Å². The maximum atomic E-state index is 12.6. The number of hydrogen-bond donors (Lipinski definition) is 1. The maximum Gasteiger partial charge on any atom is 0.433 e. The van der Waals surface area contributed by atoms with Crippen molar-refractivity contribution in [3.63, 3.8) is 0 Å². The summed E-state index contributed by atoms with van der Waals surface area (Å²) in [4.78, 5) is 20.6. The largest absolute Gasteiger partial charge is 0.433 e. The smallest absolute Gasteiger partial charge is 0.341 e. The predicted octanol–water partition coefficient (Wildman–Crippen LogP) is 1.18. The minimum Gasteiger partial charge on any atom is -0.341 e. The van der Waals surface area contributed by atoms with Gasteiger partial charge in [0.2, 0.25) is 5.95 Å². The average Bonchev–Trinajstić information content (AvgIpc) is 2.27. The Labute approximate surface area is 109 Å². The Bertz CT molecular complexity index is 470. The molecule has 0 saturated heterocycles. The Kier molecular flexibility index (Phi) is 4.93. The standard InChI is InChI=1S/C11H17F3N4O/c1-4-18(6-5-17(2)3)10-15-8(11(12,13)14)7-9(19)16-10/h7H,4-6H2,1-3H3,(H,15,16,19). The summed E-state index contributed by atoms with van der Waals surface area (Å²) in [6.45, 7) is 3.37. The van der Waals surface area contributed by atoms with Gasteiger partial charge in [-0.25, -0.2) is 4.98 Å². The molecule has 0 atom stereocenters. The van der Waals surface area contributed by atoms with E-state index in [1.807, 2.05) is 19.0 Å². The van der Waals surface area contributed by atoms with Gasteiger partial charge in [0.1, 0.15) is 0 Å². The third-order valence-electron chi connectivity index (χ3n) is 2.52. The van der Waals surface area contributed by atoms with E-state index in [4.69, 9.17) is 0 Å². The summed E-state index contributed by atoms with van der Waals surface area (Å²) < 4.78 is 37.8. The fraction of sp³-hybridized carbons (Fsp3) is 0.636. The molecule has 1 aromatic heterocycles. The molecule has 0 radical (unpaired) electrons. The minimum atomic E-state index is -4.62. The molecule has 108 valence electrons. The van der Waals surface area contributed by atoms with Gasteiger partial charge in [0.25, 0.3) is 5.56 Å². The molecule has 0 saturated carbocycles. The second kappa shape index (κ2) is 6.05. The summed E-state index contributed by atoms with van der Waals surface area (Å²) in [5, 5.41) is 0. The van der Waals surface area contributed by atoms with Crippen molar-refractivity contribution in [2.24, 2.45) is 0 Å². The van der Waals surface area contributed by atoms with Gasteiger partial charge >= 0.3 is 6.18 Å². The fourth-order valence-electron chi connectivity index (χ4n) is 1.47. The molecule has 0 aliphatic heterocycles. The number of likely N-dealkylation sites (N-methyl/N-ethyl adjacent to an activating group) is 2. The number of rotatable bonds is 5. The molecule has 0 aliphatic rings. The SMILES string of the molecule is CCN(CCN(C)C)c1nc(C(F)(F)F)cc(=O)[nH]1. The van der Waals surface area contributed by atoms with Crippen LogP contribution in [0.5, 0.6) is 0 Å². The Morgan fingerprint density at radius 2 is 1.95 bits per heavy atom. The van der Waals surface area contributed by atoms with Gasteiger partial charge in [-0.15, -0.1) is 0 Å². The van der Waals surface area contributed by atoms with Gasteiger partial charge in [-0.1, -0.05) is 0 Å². The van der Waals surface area contributed by atoms with Crippen molar-refractivity contribution in [1.29, 1.82) is 0 Å². The number of aromatic amines is 1. The highest BCUT2D eigenvalue weighted by Crippen LogP contribution is 2.27. The molecule has 0 spiro atoms. The fourth-order valence-corrected chi connectivity index (χ4v) is 1.47. The lowest BCUT2D eigenvalue weighted by atomic mass is 10.4. The van der Waals surface area contributed by atoms with Crippen molar-refractivity contribution >= 4 is 5.95 Å². The van der Waals surface area contributed by atoms with Crippen LogP contribution in [0.15, 0.2) is 10.9 Å². The van der Waals surface area contributed by atoms with E-state index >= 15 is 0 Å². The number of alkyl halides is 3. The summed E-state index contributed by atoms with van der Waals surface area (Å²) >= 11 is 0. The van der Waals surface area contributed by atoms with Crippen LogP contribution in [-0.2, 0) is 6.18 Å². The topological polar surface area (TPSA) is 52.2 Å². The summed E-state index contributed by atoms with van der Waals surface area (Å²) in [5.41, 5.74) is -1.98. The highest BCUT2D eigenvalue weighted by Gasteiger charge is 2.33. The average molecular weight is 278 g/mol. The molecule has 0 fully saturated rings. The van der Waals surface area contributed by atoms with Crippen molar-refractivity contribution in [3.05, 3.63) is 22.1 Å². The van der Waals surface area contributed by atoms with Gasteiger partial charge < -0.3 is 9.80 Å². The summed E-state index contributed by atoms with van der Waals surface area (Å²) in [7, 11) is 3.71. The van der Waals surface area contributed by atoms with Gasteiger partial charge in [0, 0.05) is 25.7 Å². The molecule has 0 aliphatic carbocycles. The molecule has 0 amide bonds. The van der Waals surface area contributed by atoms with Crippen LogP contribution in [0, 0.1) is 0 Å². The van der Waals surface area contributed by atoms with Gasteiger partial charge in [0.05, 0.1) is 0 Å². The molecule has 5 nitrogen and oxygen atoms in total. The lowest BCUT2D eigenvalue weighted by Crippen LogP contribution is -2.34. The van der Waals surface area contributed by atoms with Crippen molar-refractivity contribution in [2.45, 2.75) is 13.1 Å². The number of aromatic nitrogens is 2. The zero-order valence-electron chi connectivity index (χ0n) is 11.1. The first-order chi connectivity index (χ1) is 8.74. The molecule has 0 aromatic carbocycles. The highest BCUT2D eigenvalue weighted by molar-refractivity contribution is 5.30. The first-order valence-electron chi connectivity index (χ1n) is 5.82. The minimum absolute atomic E-state index is 0.0517. The lowest BCUT2D eigenvalue weighted by Gasteiger charge is -2.23. The zero-order valence-corrected chi connectivity index (χ0v) is 11.1. The van der Waals surface area contributed by atoms with Gasteiger partial charge in [-0.05, 0) is 21.0 Å². The van der Waals surface area contributed by atoms with Gasteiger partial charge in [0.15, 0.2) is 5.69 Å². The number of halogens is 3. The molecule has 19 heavy (non-hydrogen) atoms. The third kappa shape index (κ3) is 4.55. The van der Waals surface area contributed by atoms with E-state index in [9.17, 15) is 18.0 Å². The van der Waals surface area contributed by atoms with Crippen LogP contribution in [0.3, 0.4) is 0 Å². The zero-order chi connectivity index (χ0) is 14.6. The Morgan fingerprint density at radius 1 is 1.32 bits per heavy atom. The van der Waals surface area contributed by atoms with E-state index in [0.717, 1.165) is 0 Å². The third-order valence-corrected chi connectivity index (χ3v) is 2.52. The first kappa shape index (κ1) is 15.5. The van der Waals surface area contributed by atoms with Crippen LogP contribution in [0.25, 0.3) is 0 Å². The summed E-state index contributed by atoms with van der Waals surface area (Å²) in [6, 6.07) is 0.462. The van der Waals surface area contributed by atoms with Crippen LogP contribution < -0.4 is 10.5 Å². The Hall–Kier alpha value is -1.57.